The van der Waals surface area contributed by atoms with Crippen molar-refractivity contribution >= 4 is 23.4 Å². The van der Waals surface area contributed by atoms with Crippen molar-refractivity contribution in [2.24, 2.45) is 0 Å². The average Bonchev–Trinajstić information content (AvgIpc) is 3.21. The number of methoxy groups -OCH3 is 1. The van der Waals surface area contributed by atoms with Crippen LogP contribution in [0.2, 0.25) is 5.02 Å². The Morgan fingerprint density at radius 3 is 2.28 bits per heavy atom. The van der Waals surface area contributed by atoms with Crippen molar-refractivity contribution in [3.05, 3.63) is 106 Å². The fourth-order valence-electron chi connectivity index (χ4n) is 2.97. The maximum absolute atomic E-state index is 6.07. The molecule has 0 saturated heterocycles. The van der Waals surface area contributed by atoms with E-state index in [1.54, 1.807) is 7.11 Å². The molecule has 0 aliphatic carbocycles. The fraction of sp³-hybridized carbons (Fsp3) is 0.130. The van der Waals surface area contributed by atoms with Crippen LogP contribution in [0.15, 0.2) is 88.5 Å². The minimum atomic E-state index is 0.0303. The second-order valence-corrected chi connectivity index (χ2v) is 7.94. The van der Waals surface area contributed by atoms with E-state index in [0.29, 0.717) is 22.6 Å². The van der Waals surface area contributed by atoms with Crippen LogP contribution in [0.5, 0.6) is 5.75 Å². The zero-order valence-electron chi connectivity index (χ0n) is 15.8. The predicted molar refractivity (Wildman–Crippen MR) is 116 cm³/mol. The number of thioether (sulfide) groups is 1. The molecule has 0 aliphatic heterocycles. The molecule has 4 nitrogen and oxygen atoms in total. The van der Waals surface area contributed by atoms with E-state index in [9.17, 15) is 0 Å². The summed E-state index contributed by atoms with van der Waals surface area (Å²) in [4.78, 5) is 0. The minimum absolute atomic E-state index is 0.0303. The summed E-state index contributed by atoms with van der Waals surface area (Å²) in [6, 6.07) is 26.0. The molecule has 1 heterocycles. The molecule has 0 amide bonds. The van der Waals surface area contributed by atoms with Gasteiger partial charge in [-0.3, -0.25) is 0 Å². The number of benzene rings is 3. The Morgan fingerprint density at radius 2 is 1.59 bits per heavy atom. The molecule has 0 radical (unpaired) electrons. The summed E-state index contributed by atoms with van der Waals surface area (Å²) in [5.41, 5.74) is 3.37. The summed E-state index contributed by atoms with van der Waals surface area (Å²) in [7, 11) is 1.65. The van der Waals surface area contributed by atoms with Crippen LogP contribution in [-0.4, -0.2) is 17.3 Å². The normalized spacial score (nSPS) is 11.9. The molecule has 29 heavy (non-hydrogen) atoms. The molecule has 0 spiro atoms. The van der Waals surface area contributed by atoms with Crippen LogP contribution >= 0.6 is 23.4 Å². The molecule has 146 valence electrons. The molecule has 4 rings (SSSR count). The van der Waals surface area contributed by atoms with Gasteiger partial charge in [0.05, 0.1) is 18.8 Å². The van der Waals surface area contributed by atoms with E-state index in [2.05, 4.69) is 22.3 Å². The molecule has 1 atom stereocenters. The maximum atomic E-state index is 6.07. The highest BCUT2D eigenvalue weighted by Gasteiger charge is 2.19. The van der Waals surface area contributed by atoms with Crippen LogP contribution in [0.1, 0.15) is 27.8 Å². The first-order valence-corrected chi connectivity index (χ1v) is 10.4. The van der Waals surface area contributed by atoms with E-state index < -0.39 is 0 Å². The lowest BCUT2D eigenvalue weighted by Gasteiger charge is -2.15. The van der Waals surface area contributed by atoms with Gasteiger partial charge in [0, 0.05) is 5.02 Å². The van der Waals surface area contributed by atoms with Crippen LogP contribution in [0.25, 0.3) is 0 Å². The minimum Gasteiger partial charge on any atom is -0.497 e. The van der Waals surface area contributed by atoms with Gasteiger partial charge in [-0.25, -0.2) is 0 Å². The summed E-state index contributed by atoms with van der Waals surface area (Å²) >= 11 is 7.60. The van der Waals surface area contributed by atoms with E-state index in [1.807, 2.05) is 66.7 Å². The van der Waals surface area contributed by atoms with E-state index in [1.165, 1.54) is 11.8 Å². The predicted octanol–water partition coefficient (Wildman–Crippen LogP) is 6.20. The van der Waals surface area contributed by atoms with E-state index >= 15 is 0 Å². The summed E-state index contributed by atoms with van der Waals surface area (Å²) in [6.07, 6.45) is 0.578. The van der Waals surface area contributed by atoms with E-state index in [0.717, 1.165) is 22.4 Å². The van der Waals surface area contributed by atoms with Gasteiger partial charge in [0.2, 0.25) is 5.89 Å². The first-order chi connectivity index (χ1) is 14.2. The zero-order valence-corrected chi connectivity index (χ0v) is 17.4. The van der Waals surface area contributed by atoms with E-state index in [4.69, 9.17) is 20.8 Å². The number of rotatable bonds is 7. The Balaban J connectivity index is 1.54. The fourth-order valence-corrected chi connectivity index (χ4v) is 4.12. The van der Waals surface area contributed by atoms with Crippen molar-refractivity contribution in [2.75, 3.05) is 7.11 Å². The number of ether oxygens (including phenoxy) is 1. The van der Waals surface area contributed by atoms with Crippen molar-refractivity contribution in [1.29, 1.82) is 0 Å². The largest absolute Gasteiger partial charge is 0.497 e. The molecule has 0 fully saturated rings. The first kappa shape index (κ1) is 19.6. The van der Waals surface area contributed by atoms with Gasteiger partial charge in [-0.2, -0.15) is 0 Å². The van der Waals surface area contributed by atoms with Crippen LogP contribution in [0.4, 0.5) is 0 Å². The second-order valence-electron chi connectivity index (χ2n) is 6.45. The molecular formula is C23H19ClN2O2S. The molecule has 3 aromatic carbocycles. The number of aromatic nitrogens is 2. The third kappa shape index (κ3) is 5.00. The summed E-state index contributed by atoms with van der Waals surface area (Å²) in [6.45, 7) is 0. The zero-order chi connectivity index (χ0) is 20.1. The topological polar surface area (TPSA) is 48.2 Å². The lowest BCUT2D eigenvalue weighted by Crippen LogP contribution is -1.96. The lowest BCUT2D eigenvalue weighted by molar-refractivity contribution is 0.413. The highest BCUT2D eigenvalue weighted by atomic mass is 35.5. The van der Waals surface area contributed by atoms with Gasteiger partial charge in [-0.15, -0.1) is 10.2 Å². The van der Waals surface area contributed by atoms with Crippen LogP contribution < -0.4 is 4.74 Å². The van der Waals surface area contributed by atoms with Gasteiger partial charge in [0.15, 0.2) is 0 Å². The maximum Gasteiger partial charge on any atom is 0.277 e. The highest BCUT2D eigenvalue weighted by molar-refractivity contribution is 7.99. The summed E-state index contributed by atoms with van der Waals surface area (Å²) < 4.78 is 11.1. The molecule has 0 N–H and O–H groups in total. The number of hydrogen-bond donors (Lipinski definition) is 0. The van der Waals surface area contributed by atoms with E-state index in [-0.39, 0.29) is 5.25 Å². The average molecular weight is 423 g/mol. The summed E-state index contributed by atoms with van der Waals surface area (Å²) in [5.74, 6) is 1.41. The van der Waals surface area contributed by atoms with Crippen LogP contribution in [0, 0.1) is 0 Å². The van der Waals surface area contributed by atoms with Crippen molar-refractivity contribution < 1.29 is 9.15 Å². The Morgan fingerprint density at radius 1 is 0.897 bits per heavy atom. The quantitative estimate of drug-likeness (QED) is 0.331. The number of nitrogens with zero attached hydrogens (tertiary/aromatic N) is 2. The Bertz CT molecular complexity index is 1050. The Kier molecular flexibility index (Phi) is 6.17. The molecule has 0 saturated carbocycles. The molecule has 1 unspecified atom stereocenters. The second kappa shape index (κ2) is 9.16. The van der Waals surface area contributed by atoms with Gasteiger partial charge < -0.3 is 9.15 Å². The van der Waals surface area contributed by atoms with Crippen LogP contribution in [0.3, 0.4) is 0 Å². The SMILES string of the molecule is COc1ccc(Cc2nnc(SC(c3ccccc3)c3ccc(Cl)cc3)o2)cc1. The van der Waals surface area contributed by atoms with Gasteiger partial charge >= 0.3 is 0 Å². The Hall–Kier alpha value is -2.76. The van der Waals surface area contributed by atoms with Crippen molar-refractivity contribution in [3.8, 4) is 5.75 Å². The van der Waals surface area contributed by atoms with Gasteiger partial charge in [-0.1, -0.05) is 78.0 Å². The summed E-state index contributed by atoms with van der Waals surface area (Å²) in [5, 5.41) is 9.75. The standard InChI is InChI=1S/C23H19ClN2O2S/c1-27-20-13-7-16(8-14-20)15-21-25-26-23(28-21)29-22(17-5-3-2-4-6-17)18-9-11-19(24)12-10-18/h2-14,22H,15H2,1H3. The first-order valence-electron chi connectivity index (χ1n) is 9.13. The third-order valence-electron chi connectivity index (χ3n) is 4.46. The van der Waals surface area contributed by atoms with Crippen molar-refractivity contribution in [3.63, 3.8) is 0 Å². The lowest BCUT2D eigenvalue weighted by atomic mass is 10.0. The smallest absolute Gasteiger partial charge is 0.277 e. The molecule has 6 heteroatoms. The highest BCUT2D eigenvalue weighted by Crippen LogP contribution is 2.40. The molecule has 0 bridgehead atoms. The molecular weight excluding hydrogens is 404 g/mol. The molecule has 4 aromatic rings. The van der Waals surface area contributed by atoms with Crippen molar-refractivity contribution in [2.45, 2.75) is 16.9 Å². The number of halogens is 1. The van der Waals surface area contributed by atoms with Crippen molar-refractivity contribution in [1.82, 2.24) is 10.2 Å². The van der Waals surface area contributed by atoms with Gasteiger partial charge in [-0.05, 0) is 41.0 Å². The van der Waals surface area contributed by atoms with Gasteiger partial charge in [0.25, 0.3) is 5.22 Å². The monoisotopic (exact) mass is 422 g/mol. The molecule has 0 aliphatic rings. The third-order valence-corrected chi connectivity index (χ3v) is 5.86. The van der Waals surface area contributed by atoms with Crippen LogP contribution in [-0.2, 0) is 6.42 Å². The molecule has 1 aromatic heterocycles. The number of hydrogen-bond acceptors (Lipinski definition) is 5. The van der Waals surface area contributed by atoms with Gasteiger partial charge in [0.1, 0.15) is 5.75 Å². The Labute approximate surface area is 178 Å².